The Morgan fingerprint density at radius 2 is 1.33 bits per heavy atom. The monoisotopic (exact) mass is 625 g/mol. The van der Waals surface area contributed by atoms with Crippen molar-refractivity contribution in [2.45, 2.75) is 180 Å². The molecule has 0 fully saturated rings. The average Bonchev–Trinajstić information content (AvgIpc) is 2.91. The molecule has 246 valence electrons. The molecule has 0 amide bonds. The van der Waals surface area contributed by atoms with Crippen LogP contribution in [0.5, 0.6) is 0 Å². The molecular weight excluding hydrogens is 559 g/mol. The van der Waals surface area contributed by atoms with Crippen LogP contribution in [-0.2, 0) is 26.8 Å². The molecule has 0 unspecified atom stereocenters. The zero-order chi connectivity index (χ0) is 31.7. The highest BCUT2D eigenvalue weighted by Crippen LogP contribution is 2.38. The van der Waals surface area contributed by atoms with Gasteiger partial charge in [-0.05, 0) is 50.9 Å². The molecule has 1 aromatic rings. The van der Waals surface area contributed by atoms with Gasteiger partial charge in [0.2, 0.25) is 0 Å². The Morgan fingerprint density at radius 1 is 0.833 bits per heavy atom. The van der Waals surface area contributed by atoms with Gasteiger partial charge in [0.1, 0.15) is 0 Å². The van der Waals surface area contributed by atoms with Gasteiger partial charge in [-0.15, -0.1) is 0 Å². The minimum atomic E-state index is -2.14. The zero-order valence-corrected chi connectivity index (χ0v) is 30.6. The second-order valence-electron chi connectivity index (χ2n) is 14.7. The highest BCUT2D eigenvalue weighted by Gasteiger charge is 2.42. The van der Waals surface area contributed by atoms with Crippen LogP contribution >= 0.6 is 0 Å². The van der Waals surface area contributed by atoms with Crippen molar-refractivity contribution in [3.8, 4) is 0 Å². The van der Waals surface area contributed by atoms with E-state index in [0.29, 0.717) is 6.61 Å². The number of benzene rings is 1. The van der Waals surface area contributed by atoms with Crippen molar-refractivity contribution in [1.82, 2.24) is 4.72 Å². The van der Waals surface area contributed by atoms with E-state index in [1.807, 2.05) is 51.1 Å². The summed E-state index contributed by atoms with van der Waals surface area (Å²) in [5.74, 6) is 0. The molecule has 2 N–H and O–H groups in total. The lowest BCUT2D eigenvalue weighted by molar-refractivity contribution is -0.0224. The van der Waals surface area contributed by atoms with Crippen LogP contribution in [0.1, 0.15) is 138 Å². The number of aliphatic hydroxyl groups excluding tert-OH is 1. The van der Waals surface area contributed by atoms with Crippen molar-refractivity contribution in [1.29, 1.82) is 0 Å². The molecule has 0 spiro atoms. The molecule has 0 saturated carbocycles. The first-order valence-electron chi connectivity index (χ1n) is 16.8. The van der Waals surface area contributed by atoms with Crippen molar-refractivity contribution < 1.29 is 18.5 Å². The maximum absolute atomic E-state index is 13.2. The standard InChI is InChI=1S/C35H67NO4SSi/c1-10-11-12-13-14-15-16-17-18-19-20-24-27-32(40-42(8,9)35(5,6)7)33(37)31(36-41(38)34(2,3)4)29-39-28-30-25-22-21-23-26-30/h21-23,25-26,31-33,36-37H,10-20,24,27-29H2,1-9H3/t31-,32+,33-,41-/m0/s1. The third-order valence-electron chi connectivity index (χ3n) is 8.61. The molecule has 0 aliphatic carbocycles. The molecule has 42 heavy (non-hydrogen) atoms. The number of hydrogen-bond donors (Lipinski definition) is 2. The van der Waals surface area contributed by atoms with Crippen molar-refractivity contribution >= 4 is 19.3 Å². The average molecular weight is 626 g/mol. The molecule has 1 rings (SSSR count). The summed E-state index contributed by atoms with van der Waals surface area (Å²) in [5.41, 5.74) is 1.08. The molecule has 0 heterocycles. The molecule has 4 atom stereocenters. The Kier molecular flexibility index (Phi) is 19.2. The van der Waals surface area contributed by atoms with E-state index >= 15 is 0 Å². The Hall–Kier alpha value is -0.573. The summed E-state index contributed by atoms with van der Waals surface area (Å²) in [6.45, 7) is 20.0. The Labute approximate surface area is 264 Å². The highest BCUT2D eigenvalue weighted by molar-refractivity contribution is 7.84. The Balaban J connectivity index is 2.80. The maximum Gasteiger partial charge on any atom is 0.192 e. The van der Waals surface area contributed by atoms with Gasteiger partial charge in [0.05, 0.1) is 47.2 Å². The van der Waals surface area contributed by atoms with E-state index in [2.05, 4.69) is 45.5 Å². The van der Waals surface area contributed by atoms with E-state index in [0.717, 1.165) is 24.8 Å². The van der Waals surface area contributed by atoms with Crippen LogP contribution in [0.25, 0.3) is 0 Å². The lowest BCUT2D eigenvalue weighted by Crippen LogP contribution is -2.55. The van der Waals surface area contributed by atoms with Gasteiger partial charge in [0, 0.05) is 0 Å². The fourth-order valence-electron chi connectivity index (χ4n) is 4.69. The van der Waals surface area contributed by atoms with Crippen LogP contribution in [0.2, 0.25) is 18.1 Å². The van der Waals surface area contributed by atoms with E-state index in [4.69, 9.17) is 9.16 Å². The van der Waals surface area contributed by atoms with Gasteiger partial charge in [0.15, 0.2) is 8.32 Å². The molecule has 7 heteroatoms. The van der Waals surface area contributed by atoms with Gasteiger partial charge in [-0.3, -0.25) is 0 Å². The molecule has 0 aromatic heterocycles. The predicted octanol–water partition coefficient (Wildman–Crippen LogP) is 9.47. The van der Waals surface area contributed by atoms with E-state index < -0.39 is 36.2 Å². The largest absolute Gasteiger partial charge is 0.411 e. The second-order valence-corrected chi connectivity index (χ2v) is 21.4. The highest BCUT2D eigenvalue weighted by atomic mass is 32.2. The summed E-state index contributed by atoms with van der Waals surface area (Å²) < 4.78 is 28.9. The van der Waals surface area contributed by atoms with E-state index in [-0.39, 0.29) is 17.7 Å². The van der Waals surface area contributed by atoms with Crippen LogP contribution < -0.4 is 4.72 Å². The normalized spacial score (nSPS) is 15.9. The van der Waals surface area contributed by atoms with Gasteiger partial charge in [-0.1, -0.05) is 135 Å². The second kappa shape index (κ2) is 20.5. The molecule has 5 nitrogen and oxygen atoms in total. The fraction of sp³-hybridized carbons (Fsp3) is 0.829. The Bertz CT molecular complexity index is 838. The minimum absolute atomic E-state index is 0.0302. The van der Waals surface area contributed by atoms with Crippen molar-refractivity contribution in [3.63, 3.8) is 0 Å². The number of nitrogens with one attached hydrogen (secondary N) is 1. The van der Waals surface area contributed by atoms with E-state index in [1.54, 1.807) is 0 Å². The summed E-state index contributed by atoms with van der Waals surface area (Å²) in [7, 11) is -3.49. The first-order chi connectivity index (χ1) is 19.7. The van der Waals surface area contributed by atoms with E-state index in [1.165, 1.54) is 64.2 Å². The van der Waals surface area contributed by atoms with Crippen molar-refractivity contribution in [3.05, 3.63) is 35.9 Å². The summed E-state index contributed by atoms with van der Waals surface area (Å²) in [4.78, 5) is 0. The van der Waals surface area contributed by atoms with E-state index in [9.17, 15) is 9.32 Å². The quantitative estimate of drug-likeness (QED) is 0.0939. The number of rotatable bonds is 23. The summed E-state index contributed by atoms with van der Waals surface area (Å²) >= 11 is 0. The zero-order valence-electron chi connectivity index (χ0n) is 28.8. The van der Waals surface area contributed by atoms with Crippen LogP contribution in [-0.4, -0.2) is 47.2 Å². The molecule has 0 bridgehead atoms. The molecular formula is C35H67NO4SSi. The lowest BCUT2D eigenvalue weighted by atomic mass is 10.00. The smallest absolute Gasteiger partial charge is 0.192 e. The Morgan fingerprint density at radius 3 is 1.81 bits per heavy atom. The summed E-state index contributed by atoms with van der Waals surface area (Å²) in [5, 5.41) is 11.8. The molecule has 1 aromatic carbocycles. The van der Waals surface area contributed by atoms with Gasteiger partial charge in [0.25, 0.3) is 0 Å². The first kappa shape index (κ1) is 39.5. The van der Waals surface area contributed by atoms with Crippen LogP contribution in [0.4, 0.5) is 0 Å². The molecule has 0 radical (unpaired) electrons. The third kappa shape index (κ3) is 16.5. The number of aliphatic hydroxyl groups is 1. The van der Waals surface area contributed by atoms with Gasteiger partial charge >= 0.3 is 0 Å². The van der Waals surface area contributed by atoms with Gasteiger partial charge in [-0.25, -0.2) is 8.93 Å². The predicted molar refractivity (Wildman–Crippen MR) is 185 cm³/mol. The fourth-order valence-corrected chi connectivity index (χ4v) is 6.90. The maximum atomic E-state index is 13.2. The minimum Gasteiger partial charge on any atom is -0.411 e. The van der Waals surface area contributed by atoms with Gasteiger partial charge < -0.3 is 14.3 Å². The molecule has 0 saturated heterocycles. The van der Waals surface area contributed by atoms with Crippen LogP contribution in [0, 0.1) is 0 Å². The van der Waals surface area contributed by atoms with Crippen LogP contribution in [0.3, 0.4) is 0 Å². The SMILES string of the molecule is CCCCCCCCCCCCCC[C@@H](O[Si](C)(C)C(C)(C)C)[C@@H](O)[C@H](COCc1ccccc1)N[S@@](=O)C(C)(C)C. The third-order valence-corrected chi connectivity index (χ3v) is 14.7. The van der Waals surface area contributed by atoms with Crippen molar-refractivity contribution in [2.75, 3.05) is 6.61 Å². The summed E-state index contributed by atoms with van der Waals surface area (Å²) in [6, 6.07) is 9.54. The van der Waals surface area contributed by atoms with Crippen LogP contribution in [0.15, 0.2) is 30.3 Å². The number of unbranched alkanes of at least 4 members (excludes halogenated alkanes) is 11. The first-order valence-corrected chi connectivity index (χ1v) is 20.9. The molecule has 0 aliphatic heterocycles. The number of ether oxygens (including phenoxy) is 1. The lowest BCUT2D eigenvalue weighted by Gasteiger charge is -2.42. The number of hydrogen-bond acceptors (Lipinski definition) is 4. The topological polar surface area (TPSA) is 67.8 Å². The molecule has 0 aliphatic rings. The van der Waals surface area contributed by atoms with Gasteiger partial charge in [-0.2, -0.15) is 0 Å². The summed E-state index contributed by atoms with van der Waals surface area (Å²) in [6.07, 6.45) is 15.2. The van der Waals surface area contributed by atoms with Crippen molar-refractivity contribution in [2.24, 2.45) is 0 Å².